The molecule has 7 nitrogen and oxygen atoms in total. The van der Waals surface area contributed by atoms with Gasteiger partial charge in [-0.1, -0.05) is 0 Å². The van der Waals surface area contributed by atoms with E-state index in [1.54, 1.807) is 35.5 Å². The monoisotopic (exact) mass is 321 g/mol. The number of hydrogen-bond acceptors (Lipinski definition) is 5. The zero-order chi connectivity index (χ0) is 16.5. The van der Waals surface area contributed by atoms with Crippen LogP contribution in [0.15, 0.2) is 55.5 Å². The Bertz CT molecular complexity index is 957. The van der Waals surface area contributed by atoms with Gasteiger partial charge in [0.2, 0.25) is 0 Å². The van der Waals surface area contributed by atoms with Gasteiger partial charge in [0.1, 0.15) is 29.9 Å². The third-order valence-electron chi connectivity index (χ3n) is 3.52. The zero-order valence-electron chi connectivity index (χ0n) is 12.7. The summed E-state index contributed by atoms with van der Waals surface area (Å²) in [6.07, 6.45) is 8.11. The predicted molar refractivity (Wildman–Crippen MR) is 84.2 cm³/mol. The zero-order valence-corrected chi connectivity index (χ0v) is 12.7. The van der Waals surface area contributed by atoms with Gasteiger partial charge in [0.25, 0.3) is 0 Å². The van der Waals surface area contributed by atoms with Crippen molar-refractivity contribution < 1.29 is 4.39 Å². The summed E-state index contributed by atoms with van der Waals surface area (Å²) in [6.45, 7) is 1.94. The van der Waals surface area contributed by atoms with E-state index in [2.05, 4.69) is 25.1 Å². The molecule has 1 aromatic carbocycles. The van der Waals surface area contributed by atoms with Gasteiger partial charge in [-0.05, 0) is 36.8 Å². The van der Waals surface area contributed by atoms with Crippen molar-refractivity contribution in [3.8, 4) is 22.9 Å². The van der Waals surface area contributed by atoms with Crippen LogP contribution in [0.4, 0.5) is 4.39 Å². The molecule has 3 heterocycles. The SMILES string of the molecule is Cc1cn(-c2ccc(F)cc2)nc1-c1cnc(-n2cncn2)cn1. The highest BCUT2D eigenvalue weighted by molar-refractivity contribution is 5.58. The molecule has 0 aliphatic rings. The Labute approximate surface area is 136 Å². The molecule has 0 saturated carbocycles. The molecule has 0 aliphatic carbocycles. The van der Waals surface area contributed by atoms with Crippen molar-refractivity contribution in [1.82, 2.24) is 34.5 Å². The highest BCUT2D eigenvalue weighted by Crippen LogP contribution is 2.21. The molecule has 3 aromatic heterocycles. The fourth-order valence-electron chi connectivity index (χ4n) is 2.33. The van der Waals surface area contributed by atoms with Crippen molar-refractivity contribution in [1.29, 1.82) is 0 Å². The third kappa shape index (κ3) is 2.54. The topological polar surface area (TPSA) is 74.3 Å². The number of hydrogen-bond donors (Lipinski definition) is 0. The van der Waals surface area contributed by atoms with Crippen molar-refractivity contribution in [3.63, 3.8) is 0 Å². The van der Waals surface area contributed by atoms with Crippen LogP contribution in [0.25, 0.3) is 22.9 Å². The first-order valence-electron chi connectivity index (χ1n) is 7.20. The summed E-state index contributed by atoms with van der Waals surface area (Å²) in [6, 6.07) is 6.15. The third-order valence-corrected chi connectivity index (χ3v) is 3.52. The van der Waals surface area contributed by atoms with Gasteiger partial charge in [0.15, 0.2) is 5.82 Å². The van der Waals surface area contributed by atoms with Gasteiger partial charge in [-0.15, -0.1) is 0 Å². The van der Waals surface area contributed by atoms with Gasteiger partial charge >= 0.3 is 0 Å². The van der Waals surface area contributed by atoms with E-state index >= 15 is 0 Å². The lowest BCUT2D eigenvalue weighted by Crippen LogP contribution is -2.00. The van der Waals surface area contributed by atoms with Gasteiger partial charge in [-0.25, -0.2) is 28.7 Å². The molecule has 0 spiro atoms. The summed E-state index contributed by atoms with van der Waals surface area (Å²) in [5, 5.41) is 8.54. The Kier molecular flexibility index (Phi) is 3.34. The first-order valence-corrected chi connectivity index (χ1v) is 7.20. The first-order chi connectivity index (χ1) is 11.7. The Morgan fingerprint density at radius 3 is 2.50 bits per heavy atom. The van der Waals surface area contributed by atoms with Crippen LogP contribution in [0, 0.1) is 12.7 Å². The van der Waals surface area contributed by atoms with E-state index in [9.17, 15) is 4.39 Å². The van der Waals surface area contributed by atoms with Crippen LogP contribution in [0.5, 0.6) is 0 Å². The summed E-state index contributed by atoms with van der Waals surface area (Å²) in [5.41, 5.74) is 3.09. The predicted octanol–water partition coefficient (Wildman–Crippen LogP) is 2.36. The van der Waals surface area contributed by atoms with Crippen LogP contribution in [-0.4, -0.2) is 34.5 Å². The van der Waals surface area contributed by atoms with Crippen LogP contribution in [0.3, 0.4) is 0 Å². The normalized spacial score (nSPS) is 10.9. The van der Waals surface area contributed by atoms with Crippen LogP contribution in [-0.2, 0) is 0 Å². The molecule has 0 saturated heterocycles. The van der Waals surface area contributed by atoms with E-state index in [-0.39, 0.29) is 5.82 Å². The molecule has 0 N–H and O–H groups in total. The second-order valence-corrected chi connectivity index (χ2v) is 5.18. The highest BCUT2D eigenvalue weighted by Gasteiger charge is 2.11. The molecular formula is C16H12FN7. The smallest absolute Gasteiger partial charge is 0.173 e. The van der Waals surface area contributed by atoms with Crippen LogP contribution in [0.2, 0.25) is 0 Å². The van der Waals surface area contributed by atoms with E-state index in [4.69, 9.17) is 0 Å². The van der Waals surface area contributed by atoms with Crippen molar-refractivity contribution in [2.45, 2.75) is 6.92 Å². The fraction of sp³-hybridized carbons (Fsp3) is 0.0625. The summed E-state index contributed by atoms with van der Waals surface area (Å²) in [7, 11) is 0. The van der Waals surface area contributed by atoms with Crippen molar-refractivity contribution >= 4 is 0 Å². The van der Waals surface area contributed by atoms with E-state index in [1.165, 1.54) is 23.1 Å². The molecule has 0 fully saturated rings. The second-order valence-electron chi connectivity index (χ2n) is 5.18. The molecule has 4 aromatic rings. The summed E-state index contributed by atoms with van der Waals surface area (Å²) in [5.74, 6) is 0.296. The van der Waals surface area contributed by atoms with Crippen LogP contribution in [0.1, 0.15) is 5.56 Å². The Hall–Kier alpha value is -3.42. The molecular weight excluding hydrogens is 309 g/mol. The number of aryl methyl sites for hydroxylation is 1. The number of rotatable bonds is 3. The lowest BCUT2D eigenvalue weighted by atomic mass is 10.2. The van der Waals surface area contributed by atoms with E-state index in [1.807, 2.05) is 13.1 Å². The van der Waals surface area contributed by atoms with E-state index in [0.717, 1.165) is 16.9 Å². The molecule has 24 heavy (non-hydrogen) atoms. The standard InChI is InChI=1S/C16H12FN7/c1-11-8-23(13-4-2-12(17)3-5-13)22-16(11)14-6-20-15(7-19-14)24-10-18-9-21-24/h2-10H,1H3. The summed E-state index contributed by atoms with van der Waals surface area (Å²) < 4.78 is 16.3. The van der Waals surface area contributed by atoms with Gasteiger partial charge in [-0.3, -0.25) is 0 Å². The van der Waals surface area contributed by atoms with E-state index in [0.29, 0.717) is 11.5 Å². The van der Waals surface area contributed by atoms with Crippen molar-refractivity contribution in [2.24, 2.45) is 0 Å². The Morgan fingerprint density at radius 2 is 1.83 bits per heavy atom. The van der Waals surface area contributed by atoms with Crippen molar-refractivity contribution in [2.75, 3.05) is 0 Å². The van der Waals surface area contributed by atoms with Gasteiger partial charge in [0.05, 0.1) is 18.1 Å². The molecule has 118 valence electrons. The maximum Gasteiger partial charge on any atom is 0.173 e. The lowest BCUT2D eigenvalue weighted by Gasteiger charge is -2.02. The molecule has 0 amide bonds. The van der Waals surface area contributed by atoms with Crippen LogP contribution >= 0.6 is 0 Å². The number of halogens is 1. The Balaban J connectivity index is 1.68. The van der Waals surface area contributed by atoms with Gasteiger partial charge in [-0.2, -0.15) is 10.2 Å². The maximum absolute atomic E-state index is 13.0. The average Bonchev–Trinajstić information content (AvgIpc) is 3.26. The number of benzene rings is 1. The Morgan fingerprint density at radius 1 is 1.00 bits per heavy atom. The molecule has 4 rings (SSSR count). The minimum absolute atomic E-state index is 0.280. The highest BCUT2D eigenvalue weighted by atomic mass is 19.1. The number of aromatic nitrogens is 7. The molecule has 0 radical (unpaired) electrons. The fourth-order valence-corrected chi connectivity index (χ4v) is 2.33. The number of nitrogens with zero attached hydrogens (tertiary/aromatic N) is 7. The van der Waals surface area contributed by atoms with Gasteiger partial charge in [0, 0.05) is 6.20 Å². The minimum Gasteiger partial charge on any atom is -0.249 e. The molecule has 0 unspecified atom stereocenters. The second kappa shape index (κ2) is 5.65. The first kappa shape index (κ1) is 14.2. The lowest BCUT2D eigenvalue weighted by molar-refractivity contribution is 0.627. The minimum atomic E-state index is -0.280. The van der Waals surface area contributed by atoms with Crippen molar-refractivity contribution in [3.05, 3.63) is 66.9 Å². The molecule has 0 atom stereocenters. The molecule has 8 heteroatoms. The summed E-state index contributed by atoms with van der Waals surface area (Å²) in [4.78, 5) is 12.6. The molecule has 0 aliphatic heterocycles. The van der Waals surface area contributed by atoms with E-state index < -0.39 is 0 Å². The van der Waals surface area contributed by atoms with Crippen LogP contribution < -0.4 is 0 Å². The molecule has 0 bridgehead atoms. The largest absolute Gasteiger partial charge is 0.249 e. The average molecular weight is 321 g/mol. The quantitative estimate of drug-likeness (QED) is 0.579. The summed E-state index contributed by atoms with van der Waals surface area (Å²) >= 11 is 0. The maximum atomic E-state index is 13.0. The van der Waals surface area contributed by atoms with Gasteiger partial charge < -0.3 is 0 Å².